The fourth-order valence-electron chi connectivity index (χ4n) is 2.67. The number of non-ortho nitro benzene ring substituents is 1. The number of hydrogen-bond donors (Lipinski definition) is 1. The third-order valence-electron chi connectivity index (χ3n) is 3.82. The lowest BCUT2D eigenvalue weighted by atomic mass is 9.94. The second-order valence-corrected chi connectivity index (χ2v) is 5.74. The van der Waals surface area contributed by atoms with Crippen molar-refractivity contribution in [2.24, 2.45) is 0 Å². The van der Waals surface area contributed by atoms with E-state index in [1.807, 2.05) is 0 Å². The van der Waals surface area contributed by atoms with Crippen LogP contribution >= 0.6 is 12.2 Å². The van der Waals surface area contributed by atoms with Crippen molar-refractivity contribution >= 4 is 29.0 Å². The van der Waals surface area contributed by atoms with Crippen molar-refractivity contribution in [1.82, 2.24) is 10.2 Å². The SMILES string of the molecule is C=CCN1C(=S)N[C@H](c2cccc([N+](=O)[O-])c2)C(C(=O)OCC)=C1C. The Kier molecular flexibility index (Phi) is 5.87. The van der Waals surface area contributed by atoms with Gasteiger partial charge in [0.15, 0.2) is 5.11 Å². The fraction of sp³-hybridized carbons (Fsp3) is 0.294. The number of allylic oxidation sites excluding steroid dienone is 1. The summed E-state index contributed by atoms with van der Waals surface area (Å²) >= 11 is 5.38. The molecule has 0 saturated heterocycles. The van der Waals surface area contributed by atoms with Gasteiger partial charge >= 0.3 is 5.97 Å². The van der Waals surface area contributed by atoms with Crippen LogP contribution in [-0.2, 0) is 9.53 Å². The molecule has 1 aliphatic rings. The molecule has 2 rings (SSSR count). The number of hydrogen-bond acceptors (Lipinski definition) is 5. The Morgan fingerprint density at radius 3 is 2.88 bits per heavy atom. The molecule has 0 aromatic heterocycles. The van der Waals surface area contributed by atoms with Gasteiger partial charge in [-0.25, -0.2) is 4.79 Å². The highest BCUT2D eigenvalue weighted by atomic mass is 32.1. The number of nitrogens with zero attached hydrogens (tertiary/aromatic N) is 2. The quantitative estimate of drug-likeness (QED) is 0.274. The van der Waals surface area contributed by atoms with Crippen molar-refractivity contribution in [3.63, 3.8) is 0 Å². The van der Waals surface area contributed by atoms with Gasteiger partial charge in [0.05, 0.1) is 23.1 Å². The molecular weight excluding hydrogens is 342 g/mol. The first-order valence-electron chi connectivity index (χ1n) is 7.71. The van der Waals surface area contributed by atoms with Gasteiger partial charge in [-0.15, -0.1) is 6.58 Å². The molecule has 1 aliphatic heterocycles. The second-order valence-electron chi connectivity index (χ2n) is 5.35. The largest absolute Gasteiger partial charge is 0.463 e. The Bertz CT molecular complexity index is 760. The standard InChI is InChI=1S/C17H19N3O4S/c1-4-9-19-11(3)14(16(21)24-5-2)15(18-17(19)25)12-7-6-8-13(10-12)20(22)23/h4,6-8,10,15H,1,5,9H2,2-3H3,(H,18,25)/t15-/m1/s1. The minimum absolute atomic E-state index is 0.0559. The maximum atomic E-state index is 12.5. The van der Waals surface area contributed by atoms with Crippen LogP contribution in [0.3, 0.4) is 0 Å². The summed E-state index contributed by atoms with van der Waals surface area (Å²) < 4.78 is 5.18. The molecule has 1 heterocycles. The molecule has 0 aliphatic carbocycles. The van der Waals surface area contributed by atoms with Crippen LogP contribution in [0.5, 0.6) is 0 Å². The molecule has 1 atom stereocenters. The highest BCUT2D eigenvalue weighted by Gasteiger charge is 2.34. The second kappa shape index (κ2) is 7.89. The van der Waals surface area contributed by atoms with Gasteiger partial charge in [-0.05, 0) is 31.6 Å². The van der Waals surface area contributed by atoms with Gasteiger partial charge in [-0.2, -0.15) is 0 Å². The number of carbonyl (C=O) groups excluding carboxylic acids is 1. The van der Waals surface area contributed by atoms with Crippen molar-refractivity contribution in [3.05, 3.63) is 63.9 Å². The van der Waals surface area contributed by atoms with Crippen LogP contribution in [0.4, 0.5) is 5.69 Å². The van der Waals surface area contributed by atoms with E-state index in [-0.39, 0.29) is 12.3 Å². The predicted molar refractivity (Wildman–Crippen MR) is 97.8 cm³/mol. The van der Waals surface area contributed by atoms with Gasteiger partial charge < -0.3 is 15.0 Å². The Labute approximate surface area is 151 Å². The number of nitro groups is 1. The minimum atomic E-state index is -0.618. The summed E-state index contributed by atoms with van der Waals surface area (Å²) in [7, 11) is 0. The summed E-state index contributed by atoms with van der Waals surface area (Å²) in [5.74, 6) is -0.486. The van der Waals surface area contributed by atoms with Gasteiger partial charge in [-0.3, -0.25) is 10.1 Å². The van der Waals surface area contributed by atoms with E-state index in [0.29, 0.717) is 28.5 Å². The van der Waals surface area contributed by atoms with Crippen LogP contribution < -0.4 is 5.32 Å². The van der Waals surface area contributed by atoms with Crippen LogP contribution in [0.2, 0.25) is 0 Å². The number of benzene rings is 1. The van der Waals surface area contributed by atoms with E-state index in [1.54, 1.807) is 37.0 Å². The third kappa shape index (κ3) is 3.85. The molecule has 0 fully saturated rings. The summed E-state index contributed by atoms with van der Waals surface area (Å²) in [6.45, 7) is 7.85. The first-order chi connectivity index (χ1) is 11.9. The average Bonchev–Trinajstić information content (AvgIpc) is 2.58. The zero-order valence-corrected chi connectivity index (χ0v) is 14.8. The van der Waals surface area contributed by atoms with Crippen LogP contribution in [0.1, 0.15) is 25.5 Å². The predicted octanol–water partition coefficient (Wildman–Crippen LogP) is 2.85. The summed E-state index contributed by atoms with van der Waals surface area (Å²) in [5.41, 5.74) is 1.52. The summed E-state index contributed by atoms with van der Waals surface area (Å²) in [5, 5.41) is 14.6. The third-order valence-corrected chi connectivity index (χ3v) is 4.16. The van der Waals surface area contributed by atoms with Gasteiger partial charge in [0.2, 0.25) is 0 Å². The maximum absolute atomic E-state index is 12.5. The lowest BCUT2D eigenvalue weighted by Crippen LogP contribution is -2.47. The molecule has 132 valence electrons. The molecule has 8 heteroatoms. The fourth-order valence-corrected chi connectivity index (χ4v) is 3.00. The number of ether oxygens (including phenoxy) is 1. The van der Waals surface area contributed by atoms with E-state index in [9.17, 15) is 14.9 Å². The van der Waals surface area contributed by atoms with Gasteiger partial charge in [0.1, 0.15) is 0 Å². The monoisotopic (exact) mass is 361 g/mol. The lowest BCUT2D eigenvalue weighted by molar-refractivity contribution is -0.384. The summed E-state index contributed by atoms with van der Waals surface area (Å²) in [4.78, 5) is 24.8. The van der Waals surface area contributed by atoms with Crippen LogP contribution in [0, 0.1) is 10.1 Å². The summed E-state index contributed by atoms with van der Waals surface area (Å²) in [6.07, 6.45) is 1.67. The van der Waals surface area contributed by atoms with Crippen molar-refractivity contribution in [1.29, 1.82) is 0 Å². The molecule has 0 radical (unpaired) electrons. The molecule has 1 aromatic rings. The number of nitrogens with one attached hydrogen (secondary N) is 1. The molecule has 0 unspecified atom stereocenters. The van der Waals surface area contributed by atoms with Crippen molar-refractivity contribution < 1.29 is 14.5 Å². The van der Waals surface area contributed by atoms with Gasteiger partial charge in [-0.1, -0.05) is 18.2 Å². The van der Waals surface area contributed by atoms with Crippen molar-refractivity contribution in [2.75, 3.05) is 13.2 Å². The van der Waals surface area contributed by atoms with E-state index in [0.717, 1.165) is 0 Å². The van der Waals surface area contributed by atoms with E-state index in [4.69, 9.17) is 17.0 Å². The number of esters is 1. The zero-order chi connectivity index (χ0) is 18.6. The first-order valence-corrected chi connectivity index (χ1v) is 8.12. The Balaban J connectivity index is 2.56. The Morgan fingerprint density at radius 2 is 2.28 bits per heavy atom. The minimum Gasteiger partial charge on any atom is -0.463 e. The zero-order valence-electron chi connectivity index (χ0n) is 14.0. The topological polar surface area (TPSA) is 84.7 Å². The average molecular weight is 361 g/mol. The Hall–Kier alpha value is -2.74. The highest BCUT2D eigenvalue weighted by molar-refractivity contribution is 7.80. The smallest absolute Gasteiger partial charge is 0.338 e. The van der Waals surface area contributed by atoms with Crippen LogP contribution in [-0.4, -0.2) is 34.1 Å². The molecule has 0 bridgehead atoms. The van der Waals surface area contributed by atoms with E-state index >= 15 is 0 Å². The molecule has 0 saturated carbocycles. The molecule has 25 heavy (non-hydrogen) atoms. The maximum Gasteiger partial charge on any atom is 0.338 e. The van der Waals surface area contributed by atoms with Crippen LogP contribution in [0.15, 0.2) is 48.2 Å². The number of carbonyl (C=O) groups is 1. The molecular formula is C17H19N3O4S. The van der Waals surface area contributed by atoms with Gasteiger partial charge in [0.25, 0.3) is 5.69 Å². The normalized spacial score (nSPS) is 17.1. The number of rotatable bonds is 6. The number of thiocarbonyl (C=S) groups is 1. The first kappa shape index (κ1) is 18.6. The lowest BCUT2D eigenvalue weighted by Gasteiger charge is -2.37. The van der Waals surface area contributed by atoms with Crippen LogP contribution in [0.25, 0.3) is 0 Å². The van der Waals surface area contributed by atoms with E-state index < -0.39 is 16.9 Å². The Morgan fingerprint density at radius 1 is 1.56 bits per heavy atom. The summed E-state index contributed by atoms with van der Waals surface area (Å²) in [6, 6.07) is 5.49. The molecule has 0 amide bonds. The van der Waals surface area contributed by atoms with E-state index in [1.165, 1.54) is 12.1 Å². The molecule has 1 aromatic carbocycles. The molecule has 0 spiro atoms. The van der Waals surface area contributed by atoms with Crippen molar-refractivity contribution in [2.45, 2.75) is 19.9 Å². The number of nitro benzene ring substituents is 1. The molecule has 1 N–H and O–H groups in total. The van der Waals surface area contributed by atoms with Crippen molar-refractivity contribution in [3.8, 4) is 0 Å². The molecule has 7 nitrogen and oxygen atoms in total. The highest BCUT2D eigenvalue weighted by Crippen LogP contribution is 2.32. The van der Waals surface area contributed by atoms with E-state index in [2.05, 4.69) is 11.9 Å². The van der Waals surface area contributed by atoms with Gasteiger partial charge in [0, 0.05) is 24.4 Å².